The van der Waals surface area contributed by atoms with Crippen LogP contribution in [0.25, 0.3) is 33.7 Å². The number of aromatic amines is 2. The molecule has 8 bridgehead atoms. The molecule has 49 heavy (non-hydrogen) atoms. The Balaban J connectivity index is 1.62. The molecule has 9 heteroatoms. The molecule has 0 spiro atoms. The van der Waals surface area contributed by atoms with E-state index in [0.29, 0.717) is 19.3 Å². The number of unbranched alkanes of at least 4 members (excludes halogenated alkanes) is 1. The van der Waals surface area contributed by atoms with Gasteiger partial charge in [-0.2, -0.15) is 0 Å². The molecule has 0 saturated heterocycles. The van der Waals surface area contributed by atoms with Crippen molar-refractivity contribution < 1.29 is 15.3 Å². The average Bonchev–Trinajstić information content (AvgIpc) is 3.77. The first-order valence-electron chi connectivity index (χ1n) is 18.1. The van der Waals surface area contributed by atoms with Crippen molar-refractivity contribution in [3.8, 4) is 0 Å². The number of hydrogen-bond donors (Lipinski definition) is 4. The predicted octanol–water partition coefficient (Wildman–Crippen LogP) is 6.58. The van der Waals surface area contributed by atoms with Crippen LogP contribution in [0, 0.1) is 20.8 Å². The first kappa shape index (κ1) is 36.1. The van der Waals surface area contributed by atoms with Crippen LogP contribution in [0.4, 0.5) is 0 Å². The van der Waals surface area contributed by atoms with Crippen LogP contribution in [0.1, 0.15) is 122 Å². The number of hydrogen-bond acceptors (Lipinski definition) is 4. The fourth-order valence-electron chi connectivity index (χ4n) is 7.56. The van der Waals surface area contributed by atoms with E-state index in [1.807, 2.05) is 0 Å². The number of fused-ring (bicyclic) bond motifs is 8. The minimum absolute atomic E-state index is 0.0260. The fourth-order valence-corrected chi connectivity index (χ4v) is 7.56. The summed E-state index contributed by atoms with van der Waals surface area (Å²) in [6, 6.07) is 6.12. The second kappa shape index (κ2) is 15.1. The number of quaternary nitrogens is 1. The number of carbonyl (C=O) groups excluding carboxylic acids is 2. The van der Waals surface area contributed by atoms with Crippen molar-refractivity contribution in [3.63, 3.8) is 0 Å². The molecule has 3 aromatic rings. The molecule has 5 heterocycles. The van der Waals surface area contributed by atoms with Crippen molar-refractivity contribution in [2.45, 2.75) is 111 Å². The minimum atomic E-state index is -0.525. The molecule has 5 rings (SSSR count). The second-order valence-electron chi connectivity index (χ2n) is 14.1. The van der Waals surface area contributed by atoms with Gasteiger partial charge in [0.05, 0.1) is 17.9 Å². The lowest BCUT2D eigenvalue weighted by molar-refractivity contribution is -0.368. The summed E-state index contributed by atoms with van der Waals surface area (Å²) in [7, 11) is 3.47. The molecule has 0 saturated carbocycles. The zero-order valence-electron chi connectivity index (χ0n) is 31.1. The number of likely N-dealkylation sites (N-methyl/N-ethyl adjacent to an activating group) is 1. The SMILES string of the molecule is CCc1c(C)c2cc3[nH]c(cc4nc(c(C)c5nc(cc1[nH]2)C(C)=C5)[C@@H](CCC(=O)N[C@@H](CCCC[NH3+])C(=O)N(C)C)[C@@H]4C)c(C)c3CC. The molecular weight excluding hydrogens is 610 g/mol. The lowest BCUT2D eigenvalue weighted by Crippen LogP contribution is -2.50. The largest absolute Gasteiger partial charge is 0.358 e. The summed E-state index contributed by atoms with van der Waals surface area (Å²) in [4.78, 5) is 45.8. The summed E-state index contributed by atoms with van der Waals surface area (Å²) < 4.78 is 0. The van der Waals surface area contributed by atoms with Gasteiger partial charge in [0.15, 0.2) is 0 Å². The van der Waals surface area contributed by atoms with Gasteiger partial charge in [0.2, 0.25) is 11.8 Å². The molecule has 2 aliphatic rings. The molecule has 9 nitrogen and oxygen atoms in total. The van der Waals surface area contributed by atoms with Gasteiger partial charge in [0, 0.05) is 65.8 Å². The summed E-state index contributed by atoms with van der Waals surface area (Å²) in [5.74, 6) is -0.0576. The first-order valence-corrected chi connectivity index (χ1v) is 18.1. The van der Waals surface area contributed by atoms with Gasteiger partial charge < -0.3 is 25.9 Å². The quantitative estimate of drug-likeness (QED) is 0.172. The molecule has 0 unspecified atom stereocenters. The normalized spacial score (nSPS) is 16.4. The van der Waals surface area contributed by atoms with E-state index >= 15 is 0 Å². The highest BCUT2D eigenvalue weighted by molar-refractivity contribution is 5.88. The molecule has 0 aliphatic carbocycles. The molecule has 0 aromatic carbocycles. The van der Waals surface area contributed by atoms with Crippen LogP contribution in [0.5, 0.6) is 0 Å². The van der Waals surface area contributed by atoms with Crippen LogP contribution in [0.15, 0.2) is 18.2 Å². The van der Waals surface area contributed by atoms with Gasteiger partial charge in [-0.1, -0.05) is 20.8 Å². The molecule has 0 radical (unpaired) electrons. The van der Waals surface area contributed by atoms with Crippen LogP contribution in [0.2, 0.25) is 0 Å². The van der Waals surface area contributed by atoms with E-state index in [-0.39, 0.29) is 23.7 Å². The Kier molecular flexibility index (Phi) is 11.1. The molecule has 6 N–H and O–H groups in total. The Morgan fingerprint density at radius 1 is 0.898 bits per heavy atom. The van der Waals surface area contributed by atoms with E-state index in [1.54, 1.807) is 19.0 Å². The number of carbonyl (C=O) groups is 2. The van der Waals surface area contributed by atoms with E-state index in [1.165, 1.54) is 22.3 Å². The number of allylic oxidation sites excluding steroid dienone is 1. The molecule has 0 fully saturated rings. The highest BCUT2D eigenvalue weighted by Gasteiger charge is 2.32. The number of rotatable bonds is 11. The van der Waals surface area contributed by atoms with Crippen LogP contribution in [0.3, 0.4) is 0 Å². The standard InChI is InChI=1S/C40H55N7O2/c1-10-27-24(5)34-21-37-28(11-2)23(4)33(43-37)20-35-25(6)29(15-16-38(48)45-30(14-12-13-17-41)40(49)47(8)9)39(46-35)26(7)32-18-22(3)31(42-32)19-36(27)44-34/h18-21,25,29-30,43-44H,10-17,41H2,1-9H3,(H,45,48)/p+1/t25-,29-,30-/m0/s1. The second-order valence-corrected chi connectivity index (χ2v) is 14.1. The highest BCUT2D eigenvalue weighted by atomic mass is 16.2. The summed E-state index contributed by atoms with van der Waals surface area (Å²) in [6.45, 7) is 16.1. The third kappa shape index (κ3) is 7.37. The van der Waals surface area contributed by atoms with Gasteiger partial charge in [-0.15, -0.1) is 0 Å². The lowest BCUT2D eigenvalue weighted by Gasteiger charge is -2.22. The smallest absolute Gasteiger partial charge is 0.244 e. The van der Waals surface area contributed by atoms with Crippen LogP contribution in [-0.4, -0.2) is 63.3 Å². The van der Waals surface area contributed by atoms with Gasteiger partial charge in [0.25, 0.3) is 0 Å². The van der Waals surface area contributed by atoms with Crippen molar-refractivity contribution in [2.24, 2.45) is 0 Å². The maximum atomic E-state index is 13.4. The van der Waals surface area contributed by atoms with Crippen molar-refractivity contribution in [1.29, 1.82) is 0 Å². The molecular formula is C40H56N7O2+. The predicted molar refractivity (Wildman–Crippen MR) is 200 cm³/mol. The van der Waals surface area contributed by atoms with Crippen LogP contribution >= 0.6 is 0 Å². The van der Waals surface area contributed by atoms with Gasteiger partial charge >= 0.3 is 0 Å². The van der Waals surface area contributed by atoms with E-state index in [9.17, 15) is 9.59 Å². The Morgan fingerprint density at radius 3 is 2.14 bits per heavy atom. The summed E-state index contributed by atoms with van der Waals surface area (Å²) in [5, 5.41) is 3.06. The van der Waals surface area contributed by atoms with E-state index < -0.39 is 6.04 Å². The minimum Gasteiger partial charge on any atom is -0.358 e. The van der Waals surface area contributed by atoms with Gasteiger partial charge in [-0.05, 0) is 124 Å². The first-order chi connectivity index (χ1) is 23.4. The average molecular weight is 667 g/mol. The molecule has 2 amide bonds. The monoisotopic (exact) mass is 666 g/mol. The van der Waals surface area contributed by atoms with Gasteiger partial charge in [-0.3, -0.25) is 14.6 Å². The number of aromatic nitrogens is 4. The van der Waals surface area contributed by atoms with Crippen LogP contribution in [-0.2, 0) is 22.4 Å². The summed E-state index contributed by atoms with van der Waals surface area (Å²) >= 11 is 0. The fraction of sp³-hybridized carbons (Fsp3) is 0.500. The number of nitrogens with one attached hydrogen (secondary N) is 3. The topological polar surface area (TPSA) is 134 Å². The van der Waals surface area contributed by atoms with Crippen molar-refractivity contribution in [2.75, 3.05) is 20.6 Å². The third-order valence-electron chi connectivity index (χ3n) is 10.7. The Labute approximate surface area is 291 Å². The number of H-pyrrole nitrogens is 2. The molecule has 3 atom stereocenters. The van der Waals surface area contributed by atoms with E-state index in [2.05, 4.69) is 93.8 Å². The molecule has 3 aromatic heterocycles. The van der Waals surface area contributed by atoms with Crippen molar-refractivity contribution >= 4 is 45.5 Å². The summed E-state index contributed by atoms with van der Waals surface area (Å²) in [5.41, 5.74) is 19.4. The zero-order chi connectivity index (χ0) is 35.6. The highest BCUT2D eigenvalue weighted by Crippen LogP contribution is 2.42. The van der Waals surface area contributed by atoms with E-state index in [4.69, 9.17) is 9.97 Å². The summed E-state index contributed by atoms with van der Waals surface area (Å²) in [6.07, 6.45) is 7.31. The Morgan fingerprint density at radius 2 is 1.53 bits per heavy atom. The number of aryl methyl sites for hydroxylation is 4. The number of amides is 2. The van der Waals surface area contributed by atoms with Gasteiger partial charge in [0.1, 0.15) is 6.04 Å². The maximum absolute atomic E-state index is 13.4. The third-order valence-corrected chi connectivity index (χ3v) is 10.7. The van der Waals surface area contributed by atoms with Crippen LogP contribution < -0.4 is 11.1 Å². The van der Waals surface area contributed by atoms with Crippen molar-refractivity contribution in [1.82, 2.24) is 30.2 Å². The Hall–Kier alpha value is -4.24. The lowest BCUT2D eigenvalue weighted by atomic mass is 9.85. The zero-order valence-corrected chi connectivity index (χ0v) is 31.1. The van der Waals surface area contributed by atoms with Crippen molar-refractivity contribution in [3.05, 3.63) is 68.8 Å². The van der Waals surface area contributed by atoms with E-state index in [0.717, 1.165) is 88.2 Å². The molecule has 262 valence electrons. The molecule has 2 aliphatic heterocycles. The number of nitrogens with zero attached hydrogens (tertiary/aromatic N) is 3. The Bertz CT molecular complexity index is 1930. The van der Waals surface area contributed by atoms with Gasteiger partial charge in [-0.25, -0.2) is 4.98 Å². The maximum Gasteiger partial charge on any atom is 0.244 e.